The van der Waals surface area contributed by atoms with Crippen molar-refractivity contribution in [1.82, 2.24) is 4.31 Å². The predicted molar refractivity (Wildman–Crippen MR) is 142 cm³/mol. The fourth-order valence-corrected chi connectivity index (χ4v) is 7.03. The second-order valence-corrected chi connectivity index (χ2v) is 12.5. The van der Waals surface area contributed by atoms with Gasteiger partial charge in [-0.2, -0.15) is 4.31 Å². The number of sulfonamides is 2. The molecule has 3 aromatic rings. The largest absolute Gasteiger partial charge is 0.497 e. The Morgan fingerprint density at radius 1 is 0.868 bits per heavy atom. The molecule has 1 aliphatic rings. The lowest BCUT2D eigenvalue weighted by Crippen LogP contribution is -2.38. The lowest BCUT2D eigenvalue weighted by atomic mass is 10.2. The van der Waals surface area contributed by atoms with Crippen LogP contribution < -0.4 is 14.4 Å². The zero-order chi connectivity index (χ0) is 27.3. The number of hydrogen-bond donors (Lipinski definition) is 1. The summed E-state index contributed by atoms with van der Waals surface area (Å²) in [7, 11) is -6.39. The number of hydrogen-bond acceptors (Lipinski definition) is 6. The molecular formula is C26H28FN3O6S2. The summed E-state index contributed by atoms with van der Waals surface area (Å²) in [6, 6.07) is 16.1. The first-order valence-electron chi connectivity index (χ1n) is 11.9. The molecule has 0 radical (unpaired) electrons. The molecule has 1 aliphatic heterocycles. The van der Waals surface area contributed by atoms with Crippen LogP contribution in [0.5, 0.6) is 5.75 Å². The van der Waals surface area contributed by atoms with E-state index < -0.39 is 38.3 Å². The fraction of sp³-hybridized carbons (Fsp3) is 0.269. The number of ether oxygens (including phenoxy) is 1. The van der Waals surface area contributed by atoms with Crippen LogP contribution >= 0.6 is 0 Å². The number of halogens is 1. The lowest BCUT2D eigenvalue weighted by Gasteiger charge is -2.26. The second-order valence-electron chi connectivity index (χ2n) is 8.70. The average Bonchev–Trinajstić information content (AvgIpc) is 2.93. The Hall–Kier alpha value is -3.48. The fourth-order valence-electron chi connectivity index (χ4n) is 4.09. The van der Waals surface area contributed by atoms with Gasteiger partial charge in [-0.1, -0.05) is 6.42 Å². The monoisotopic (exact) mass is 561 g/mol. The summed E-state index contributed by atoms with van der Waals surface area (Å²) >= 11 is 0. The van der Waals surface area contributed by atoms with Crippen molar-refractivity contribution < 1.29 is 30.8 Å². The van der Waals surface area contributed by atoms with Gasteiger partial charge in [-0.05, 0) is 85.6 Å². The smallest absolute Gasteiger partial charge is 0.264 e. The van der Waals surface area contributed by atoms with E-state index in [0.29, 0.717) is 24.5 Å². The minimum absolute atomic E-state index is 0.121. The quantitative estimate of drug-likeness (QED) is 0.425. The van der Waals surface area contributed by atoms with Gasteiger partial charge in [0.15, 0.2) is 0 Å². The predicted octanol–water partition coefficient (Wildman–Crippen LogP) is 3.84. The highest BCUT2D eigenvalue weighted by molar-refractivity contribution is 7.92. The Labute approximate surface area is 221 Å². The number of carbonyl (C=O) groups excluding carboxylic acids is 1. The van der Waals surface area contributed by atoms with E-state index in [1.54, 1.807) is 12.1 Å². The van der Waals surface area contributed by atoms with Crippen molar-refractivity contribution in [2.75, 3.05) is 36.4 Å². The Balaban J connectivity index is 1.54. The van der Waals surface area contributed by atoms with Gasteiger partial charge >= 0.3 is 0 Å². The van der Waals surface area contributed by atoms with Gasteiger partial charge in [0.2, 0.25) is 15.9 Å². The van der Waals surface area contributed by atoms with E-state index in [9.17, 15) is 26.0 Å². The van der Waals surface area contributed by atoms with Crippen LogP contribution in [0.25, 0.3) is 0 Å². The number of piperidine rings is 1. The van der Waals surface area contributed by atoms with Gasteiger partial charge in [-0.25, -0.2) is 21.2 Å². The van der Waals surface area contributed by atoms with Crippen LogP contribution in [0, 0.1) is 5.82 Å². The average molecular weight is 562 g/mol. The molecule has 38 heavy (non-hydrogen) atoms. The van der Waals surface area contributed by atoms with Crippen LogP contribution in [-0.2, 0) is 24.8 Å². The van der Waals surface area contributed by atoms with E-state index in [2.05, 4.69) is 5.32 Å². The van der Waals surface area contributed by atoms with Crippen LogP contribution in [0.1, 0.15) is 19.3 Å². The minimum atomic E-state index is -4.24. The maximum absolute atomic E-state index is 13.4. The summed E-state index contributed by atoms with van der Waals surface area (Å²) < 4.78 is 73.5. The van der Waals surface area contributed by atoms with Gasteiger partial charge in [0, 0.05) is 18.8 Å². The van der Waals surface area contributed by atoms with Crippen LogP contribution in [0.15, 0.2) is 82.6 Å². The molecule has 0 saturated carbocycles. The van der Waals surface area contributed by atoms with E-state index >= 15 is 0 Å². The molecule has 0 unspecified atom stereocenters. The number of benzene rings is 3. The summed E-state index contributed by atoms with van der Waals surface area (Å²) in [6.45, 7) is 0.370. The van der Waals surface area contributed by atoms with Crippen LogP contribution in [0.3, 0.4) is 0 Å². The zero-order valence-corrected chi connectivity index (χ0v) is 22.3. The van der Waals surface area contributed by atoms with Crippen molar-refractivity contribution in [2.24, 2.45) is 0 Å². The Kier molecular flexibility index (Phi) is 8.34. The molecule has 0 bridgehead atoms. The molecule has 9 nitrogen and oxygen atoms in total. The van der Waals surface area contributed by atoms with Crippen molar-refractivity contribution in [3.8, 4) is 5.75 Å². The van der Waals surface area contributed by atoms with Crippen molar-refractivity contribution in [2.45, 2.75) is 29.1 Å². The van der Waals surface area contributed by atoms with E-state index in [1.807, 2.05) is 0 Å². The first-order chi connectivity index (χ1) is 18.1. The Bertz CT molecular complexity index is 1470. The first kappa shape index (κ1) is 27.6. The molecule has 12 heteroatoms. The number of amides is 1. The molecule has 0 atom stereocenters. The first-order valence-corrected chi connectivity index (χ1v) is 14.8. The minimum Gasteiger partial charge on any atom is -0.497 e. The van der Waals surface area contributed by atoms with E-state index in [-0.39, 0.29) is 15.5 Å². The van der Waals surface area contributed by atoms with Crippen molar-refractivity contribution >= 4 is 37.3 Å². The molecule has 1 N–H and O–H groups in total. The van der Waals surface area contributed by atoms with Gasteiger partial charge in [-0.3, -0.25) is 9.10 Å². The molecule has 3 aromatic carbocycles. The Morgan fingerprint density at radius 2 is 1.45 bits per heavy atom. The number of nitrogens with zero attached hydrogens (tertiary/aromatic N) is 2. The van der Waals surface area contributed by atoms with Crippen LogP contribution in [0.2, 0.25) is 0 Å². The van der Waals surface area contributed by atoms with Gasteiger partial charge < -0.3 is 10.1 Å². The number of methoxy groups -OCH3 is 1. The zero-order valence-electron chi connectivity index (χ0n) is 20.7. The lowest BCUT2D eigenvalue weighted by molar-refractivity contribution is -0.114. The molecular weight excluding hydrogens is 533 g/mol. The number of anilines is 2. The number of carbonyl (C=O) groups is 1. The number of rotatable bonds is 9. The van der Waals surface area contributed by atoms with Crippen molar-refractivity contribution in [3.63, 3.8) is 0 Å². The van der Waals surface area contributed by atoms with E-state index in [1.165, 1.54) is 47.8 Å². The SMILES string of the molecule is COc1ccc(N(CC(=O)Nc2ccc(S(=O)(=O)N3CCCCC3)cc2)S(=O)(=O)c2ccc(F)cc2)cc1. The van der Waals surface area contributed by atoms with Gasteiger partial charge in [-0.15, -0.1) is 0 Å². The molecule has 1 heterocycles. The topological polar surface area (TPSA) is 113 Å². The molecule has 0 aliphatic carbocycles. The summed E-state index contributed by atoms with van der Waals surface area (Å²) in [6.07, 6.45) is 2.64. The number of nitrogens with one attached hydrogen (secondary N) is 1. The van der Waals surface area contributed by atoms with E-state index in [4.69, 9.17) is 4.74 Å². The van der Waals surface area contributed by atoms with Crippen molar-refractivity contribution in [3.05, 3.63) is 78.6 Å². The van der Waals surface area contributed by atoms with Crippen LogP contribution in [-0.4, -0.2) is 53.8 Å². The third-order valence-corrected chi connectivity index (χ3v) is 9.84. The Morgan fingerprint density at radius 3 is 2.03 bits per heavy atom. The van der Waals surface area contributed by atoms with Gasteiger partial charge in [0.05, 0.1) is 22.6 Å². The second kappa shape index (κ2) is 11.5. The molecule has 4 rings (SSSR count). The third-order valence-electron chi connectivity index (χ3n) is 6.14. The summed E-state index contributed by atoms with van der Waals surface area (Å²) in [5, 5.41) is 2.62. The van der Waals surface area contributed by atoms with Crippen molar-refractivity contribution in [1.29, 1.82) is 0 Å². The maximum Gasteiger partial charge on any atom is 0.264 e. The highest BCUT2D eigenvalue weighted by Gasteiger charge is 2.28. The molecule has 1 saturated heterocycles. The standard InChI is InChI=1S/C26H28FN3O6S2/c1-36-23-11-9-22(10-12-23)30(38(34,35)25-13-5-20(27)6-14-25)19-26(31)28-21-7-15-24(16-8-21)37(32,33)29-17-3-2-4-18-29/h5-16H,2-4,17-19H2,1H3,(H,28,31). The van der Waals surface area contributed by atoms with Gasteiger partial charge in [0.1, 0.15) is 18.1 Å². The molecule has 202 valence electrons. The molecule has 1 amide bonds. The summed E-state index contributed by atoms with van der Waals surface area (Å²) in [5.41, 5.74) is 0.509. The van der Waals surface area contributed by atoms with E-state index in [0.717, 1.165) is 47.8 Å². The van der Waals surface area contributed by atoms with Gasteiger partial charge in [0.25, 0.3) is 10.0 Å². The maximum atomic E-state index is 13.4. The normalized spacial score (nSPS) is 14.6. The third kappa shape index (κ3) is 6.14. The molecule has 0 spiro atoms. The van der Waals surface area contributed by atoms with Crippen LogP contribution in [0.4, 0.5) is 15.8 Å². The summed E-state index contributed by atoms with van der Waals surface area (Å²) in [4.78, 5) is 12.9. The highest BCUT2D eigenvalue weighted by Crippen LogP contribution is 2.27. The highest BCUT2D eigenvalue weighted by atomic mass is 32.2. The molecule has 1 fully saturated rings. The molecule has 0 aromatic heterocycles. The summed E-state index contributed by atoms with van der Waals surface area (Å²) in [5.74, 6) is -0.751.